The van der Waals surface area contributed by atoms with Gasteiger partial charge in [-0.3, -0.25) is 20.0 Å². The van der Waals surface area contributed by atoms with Crippen LogP contribution in [-0.2, 0) is 53.6 Å². The topological polar surface area (TPSA) is 210 Å². The van der Waals surface area contributed by atoms with Crippen molar-refractivity contribution in [1.29, 1.82) is 5.26 Å². The summed E-state index contributed by atoms with van der Waals surface area (Å²) in [5.74, 6) is -0.0537. The minimum absolute atomic E-state index is 0. The van der Waals surface area contributed by atoms with Crippen LogP contribution in [0.3, 0.4) is 0 Å². The summed E-state index contributed by atoms with van der Waals surface area (Å²) >= 11 is 7.40. The largest absolute Gasteiger partial charge is 2.00 e. The summed E-state index contributed by atoms with van der Waals surface area (Å²) in [6.07, 6.45) is 4.75. The molecule has 0 aliphatic heterocycles. The number of thiocarbonyl (C=S) groups is 2. The Morgan fingerprint density at radius 3 is 1.14 bits per heavy atom. The van der Waals surface area contributed by atoms with Gasteiger partial charge in [0, 0.05) is 57.0 Å². The average molecular weight is 938 g/mol. The summed E-state index contributed by atoms with van der Waals surface area (Å²) in [7, 11) is 0. The summed E-state index contributed by atoms with van der Waals surface area (Å²) in [5, 5.41) is 70.5. The van der Waals surface area contributed by atoms with Gasteiger partial charge in [0.05, 0.1) is 6.07 Å². The molecule has 0 aliphatic carbocycles. The van der Waals surface area contributed by atoms with Crippen LogP contribution in [0.1, 0.15) is 55.9 Å². The molecule has 4 aromatic rings. The Balaban J connectivity index is -0.000000381. The Morgan fingerprint density at radius 2 is 0.857 bits per heavy atom. The molecule has 11 nitrogen and oxygen atoms in total. The molecule has 0 saturated heterocycles. The van der Waals surface area contributed by atoms with Crippen LogP contribution >= 0.6 is 24.4 Å². The number of para-hydroxylation sites is 4. The molecule has 0 unspecified atom stereocenters. The van der Waals surface area contributed by atoms with Crippen molar-refractivity contribution in [3.05, 3.63) is 130 Å². The van der Waals surface area contributed by atoms with E-state index in [1.807, 2.05) is 38.1 Å². The molecule has 0 fully saturated rings. The van der Waals surface area contributed by atoms with E-state index >= 15 is 0 Å². The van der Waals surface area contributed by atoms with Crippen molar-refractivity contribution in [1.82, 2.24) is 0 Å². The molecule has 4 rings (SSSR count). The SMILES string of the molecule is CC#N.CC(=NCCCN=Cc1ccccc1[O-])c1ccccc1[O-].CC(=NCCCN=Cc1ccccc1[O-])c1ccccc1[O-].[Cu+2].[Cu+2].[N-]=C=S.[N-]=C=S.[Zn+2]. The van der Waals surface area contributed by atoms with E-state index in [9.17, 15) is 20.4 Å². The fourth-order valence-electron chi connectivity index (χ4n) is 4.02. The number of nitrogens with zero attached hydrogens (tertiary/aromatic N) is 7. The maximum atomic E-state index is 11.7. The smallest absolute Gasteiger partial charge is 0.872 e. The first-order valence-electron chi connectivity index (χ1n) is 16.0. The zero-order valence-electron chi connectivity index (χ0n) is 31.0. The summed E-state index contributed by atoms with van der Waals surface area (Å²) < 4.78 is 0. The molecule has 4 aromatic carbocycles. The van der Waals surface area contributed by atoms with Crippen LogP contribution < -0.4 is 20.4 Å². The second-order valence-electron chi connectivity index (χ2n) is 10.2. The molecule has 0 spiro atoms. The van der Waals surface area contributed by atoms with Gasteiger partial charge in [0.1, 0.15) is 0 Å². The van der Waals surface area contributed by atoms with Crippen molar-refractivity contribution in [3.8, 4) is 29.1 Å². The van der Waals surface area contributed by atoms with E-state index in [-0.39, 0.29) is 76.6 Å². The van der Waals surface area contributed by atoms with Gasteiger partial charge in [0.15, 0.2) is 0 Å². The Kier molecular flexibility index (Phi) is 40.3. The number of benzene rings is 4. The second-order valence-corrected chi connectivity index (χ2v) is 10.6. The first-order chi connectivity index (χ1) is 25.6. The standard InChI is InChI=1S/2C18H20N2O2.C2H3N.2CNS.2Cu.Zn/c2*1-14(16-8-3-5-10-18(16)22)20-12-6-11-19-13-15-7-2-4-9-17(15)21;1-2-3;2*2-1-3;;;/h2*2-5,7-10,13,21-22H,6,11-12H2,1H3;1H3;;;;;/q;;;2*-1;3*+2/p-4. The molecule has 0 saturated carbocycles. The molecule has 0 aliphatic rings. The van der Waals surface area contributed by atoms with E-state index in [0.29, 0.717) is 48.4 Å². The van der Waals surface area contributed by atoms with E-state index in [0.717, 1.165) is 24.3 Å². The fourth-order valence-corrected chi connectivity index (χ4v) is 4.02. The molecule has 0 amide bonds. The van der Waals surface area contributed by atoms with Crippen LogP contribution in [0.25, 0.3) is 10.8 Å². The van der Waals surface area contributed by atoms with Gasteiger partial charge in [-0.1, -0.05) is 133 Å². The minimum atomic E-state index is -0.0211. The predicted octanol–water partition coefficient (Wildman–Crippen LogP) is 6.14. The van der Waals surface area contributed by atoms with E-state index in [1.54, 1.807) is 79.2 Å². The first-order valence-corrected chi connectivity index (χ1v) is 16.8. The van der Waals surface area contributed by atoms with Crippen LogP contribution in [0.15, 0.2) is 117 Å². The second kappa shape index (κ2) is 38.8. The molecule has 56 heavy (non-hydrogen) atoms. The van der Waals surface area contributed by atoms with Gasteiger partial charge in [-0.2, -0.15) is 15.6 Å². The van der Waals surface area contributed by atoms with Crippen molar-refractivity contribution in [2.45, 2.75) is 33.6 Å². The van der Waals surface area contributed by atoms with Crippen molar-refractivity contribution in [2.75, 3.05) is 26.2 Å². The third-order valence-electron chi connectivity index (χ3n) is 6.44. The number of rotatable bonds is 12. The third kappa shape index (κ3) is 27.2. The van der Waals surface area contributed by atoms with E-state index in [1.165, 1.54) is 29.4 Å². The predicted molar refractivity (Wildman–Crippen MR) is 215 cm³/mol. The number of nitriles is 1. The van der Waals surface area contributed by atoms with Gasteiger partial charge in [-0.05, 0) is 48.9 Å². The maximum absolute atomic E-state index is 11.7. The van der Waals surface area contributed by atoms with Crippen molar-refractivity contribution in [3.63, 3.8) is 0 Å². The van der Waals surface area contributed by atoms with E-state index < -0.39 is 0 Å². The minimum Gasteiger partial charge on any atom is -0.872 e. The summed E-state index contributed by atoms with van der Waals surface area (Å²) in [6, 6.07) is 29.1. The van der Waals surface area contributed by atoms with E-state index in [2.05, 4.69) is 44.4 Å². The Morgan fingerprint density at radius 1 is 0.589 bits per heavy atom. The molecule has 0 N–H and O–H groups in total. The molecule has 2 radical (unpaired) electrons. The summed E-state index contributed by atoms with van der Waals surface area (Å²) in [4.78, 5) is 17.3. The molecule has 294 valence electrons. The maximum Gasteiger partial charge on any atom is 2.00 e. The van der Waals surface area contributed by atoms with Crippen LogP contribution in [0.5, 0.6) is 23.0 Å². The van der Waals surface area contributed by atoms with Gasteiger partial charge >= 0.3 is 53.6 Å². The van der Waals surface area contributed by atoms with Crippen LogP contribution in [0, 0.1) is 11.3 Å². The number of isothiocyanates is 2. The van der Waals surface area contributed by atoms with Crippen LogP contribution in [0.2, 0.25) is 0 Å². The summed E-state index contributed by atoms with van der Waals surface area (Å²) in [5.41, 5.74) is 3.99. The van der Waals surface area contributed by atoms with Gasteiger partial charge < -0.3 is 31.2 Å². The Bertz CT molecular complexity index is 1780. The summed E-state index contributed by atoms with van der Waals surface area (Å²) in [6.45, 7) is 7.53. The molecule has 0 heterocycles. The Labute approximate surface area is 374 Å². The molecular weight excluding hydrogens is 899 g/mol. The Hall–Kier alpha value is -4.49. The van der Waals surface area contributed by atoms with Crippen molar-refractivity contribution < 1.29 is 74.0 Å². The monoisotopic (exact) mass is 935 g/mol. The molecule has 16 heteroatoms. The third-order valence-corrected chi connectivity index (χ3v) is 6.44. The van der Waals surface area contributed by atoms with Crippen LogP contribution in [0.4, 0.5) is 0 Å². The molecule has 0 aromatic heterocycles. The van der Waals surface area contributed by atoms with Gasteiger partial charge in [0.25, 0.3) is 0 Å². The zero-order valence-corrected chi connectivity index (χ0v) is 37.5. The van der Waals surface area contributed by atoms with Crippen molar-refractivity contribution in [2.24, 2.45) is 20.0 Å². The number of hydrogen-bond donors (Lipinski definition) is 0. The van der Waals surface area contributed by atoms with Crippen LogP contribution in [-0.4, -0.2) is 60.4 Å². The van der Waals surface area contributed by atoms with E-state index in [4.69, 9.17) is 16.1 Å². The molecule has 0 atom stereocenters. The normalized spacial score (nSPS) is 9.82. The average Bonchev–Trinajstić information content (AvgIpc) is 3.14. The fraction of sp³-hybridized carbons (Fsp3) is 0.225. The quantitative estimate of drug-likeness (QED) is 0.0700. The molecular formula is C40H39Cu2N7O4S2Zn. The first kappa shape index (κ1) is 58.2. The zero-order chi connectivity index (χ0) is 39.7. The molecule has 0 bridgehead atoms. The van der Waals surface area contributed by atoms with Crippen molar-refractivity contribution >= 4 is 58.6 Å². The number of aliphatic imine (C=N–C) groups is 4. The van der Waals surface area contributed by atoms with Gasteiger partial charge in [-0.15, -0.1) is 11.5 Å². The number of hydrogen-bond acceptors (Lipinski definition) is 11. The van der Waals surface area contributed by atoms with Gasteiger partial charge in [0.2, 0.25) is 0 Å². The van der Waals surface area contributed by atoms with Gasteiger partial charge in [-0.25, -0.2) is 0 Å².